The molecule has 0 aromatic heterocycles. The lowest BCUT2D eigenvalue weighted by Gasteiger charge is -2.47. The number of amides is 2. The van der Waals surface area contributed by atoms with E-state index in [-0.39, 0.29) is 23.2 Å². The van der Waals surface area contributed by atoms with Crippen molar-refractivity contribution in [1.29, 1.82) is 0 Å². The fourth-order valence-electron chi connectivity index (χ4n) is 5.56. The van der Waals surface area contributed by atoms with Crippen molar-refractivity contribution in [3.05, 3.63) is 0 Å². The summed E-state index contributed by atoms with van der Waals surface area (Å²) in [6, 6.07) is 0.969. The minimum Gasteiger partial charge on any atom is -0.335 e. The smallest absolute Gasteiger partial charge is 0.317 e. The SMILES string of the molecule is CC1(C)CC(NC(=O)N2CCC[C@H]2C2CCCC2)CC(C)(C)N1. The molecule has 4 heteroatoms. The zero-order valence-electron chi connectivity index (χ0n) is 15.5. The lowest BCUT2D eigenvalue weighted by Crippen LogP contribution is -2.63. The van der Waals surface area contributed by atoms with Crippen LogP contribution in [0.2, 0.25) is 0 Å². The molecule has 0 aromatic rings. The molecule has 1 saturated carbocycles. The van der Waals surface area contributed by atoms with Crippen molar-refractivity contribution in [2.75, 3.05) is 6.54 Å². The van der Waals surface area contributed by atoms with Gasteiger partial charge in [0.05, 0.1) is 0 Å². The molecule has 3 fully saturated rings. The van der Waals surface area contributed by atoms with Crippen LogP contribution in [0.4, 0.5) is 4.79 Å². The minimum absolute atomic E-state index is 0.0789. The second kappa shape index (κ2) is 6.27. The summed E-state index contributed by atoms with van der Waals surface area (Å²) < 4.78 is 0. The van der Waals surface area contributed by atoms with E-state index in [0.717, 1.165) is 25.3 Å². The van der Waals surface area contributed by atoms with Gasteiger partial charge < -0.3 is 15.5 Å². The van der Waals surface area contributed by atoms with Crippen molar-refractivity contribution < 1.29 is 4.79 Å². The molecule has 0 bridgehead atoms. The van der Waals surface area contributed by atoms with Crippen molar-refractivity contribution in [3.8, 4) is 0 Å². The first kappa shape index (κ1) is 17.1. The van der Waals surface area contributed by atoms with Crippen molar-refractivity contribution in [3.63, 3.8) is 0 Å². The number of nitrogens with one attached hydrogen (secondary N) is 2. The van der Waals surface area contributed by atoms with E-state index >= 15 is 0 Å². The van der Waals surface area contributed by atoms with Crippen LogP contribution in [0, 0.1) is 5.92 Å². The number of carbonyl (C=O) groups excluding carboxylic acids is 1. The molecule has 0 unspecified atom stereocenters. The summed E-state index contributed by atoms with van der Waals surface area (Å²) in [5.41, 5.74) is 0.158. The molecule has 3 aliphatic rings. The van der Waals surface area contributed by atoms with E-state index in [9.17, 15) is 4.79 Å². The Morgan fingerprint density at radius 1 is 1.00 bits per heavy atom. The Morgan fingerprint density at radius 3 is 2.22 bits per heavy atom. The first-order valence-electron chi connectivity index (χ1n) is 9.62. The highest BCUT2D eigenvalue weighted by Crippen LogP contribution is 2.36. The molecule has 2 amide bonds. The maximum atomic E-state index is 12.9. The number of carbonyl (C=O) groups is 1. The van der Waals surface area contributed by atoms with Gasteiger partial charge in [0.25, 0.3) is 0 Å². The molecule has 3 rings (SSSR count). The largest absolute Gasteiger partial charge is 0.335 e. The third-order valence-electron chi connectivity index (χ3n) is 6.02. The summed E-state index contributed by atoms with van der Waals surface area (Å²) in [6.45, 7) is 9.91. The molecule has 23 heavy (non-hydrogen) atoms. The van der Waals surface area contributed by atoms with E-state index in [1.54, 1.807) is 0 Å². The van der Waals surface area contributed by atoms with Crippen molar-refractivity contribution in [1.82, 2.24) is 15.5 Å². The van der Waals surface area contributed by atoms with Crippen LogP contribution in [0.15, 0.2) is 0 Å². The summed E-state index contributed by atoms with van der Waals surface area (Å²) in [5.74, 6) is 0.754. The average molecular weight is 322 g/mol. The summed E-state index contributed by atoms with van der Waals surface area (Å²) in [4.78, 5) is 15.1. The van der Waals surface area contributed by atoms with E-state index in [1.165, 1.54) is 38.5 Å². The Labute approximate surface area is 141 Å². The van der Waals surface area contributed by atoms with Crippen LogP contribution in [-0.4, -0.2) is 40.6 Å². The normalized spacial score (nSPS) is 31.5. The number of hydrogen-bond donors (Lipinski definition) is 2. The van der Waals surface area contributed by atoms with Gasteiger partial charge in [-0.1, -0.05) is 12.8 Å². The molecule has 4 nitrogen and oxygen atoms in total. The highest BCUT2D eigenvalue weighted by Gasteiger charge is 2.40. The fourth-order valence-corrected chi connectivity index (χ4v) is 5.56. The molecule has 2 heterocycles. The van der Waals surface area contributed by atoms with Gasteiger partial charge in [-0.15, -0.1) is 0 Å². The van der Waals surface area contributed by atoms with E-state index in [0.29, 0.717) is 6.04 Å². The Kier molecular flexibility index (Phi) is 4.65. The van der Waals surface area contributed by atoms with Gasteiger partial charge >= 0.3 is 6.03 Å². The Balaban J connectivity index is 1.61. The van der Waals surface area contributed by atoms with Gasteiger partial charge in [-0.25, -0.2) is 4.79 Å². The predicted octanol–water partition coefficient (Wildman–Crippen LogP) is 3.66. The van der Waals surface area contributed by atoms with Crippen LogP contribution >= 0.6 is 0 Å². The predicted molar refractivity (Wildman–Crippen MR) is 94.5 cm³/mol. The van der Waals surface area contributed by atoms with Crippen LogP contribution < -0.4 is 10.6 Å². The van der Waals surface area contributed by atoms with Gasteiger partial charge in [0.2, 0.25) is 0 Å². The van der Waals surface area contributed by atoms with Gasteiger partial charge in [0.15, 0.2) is 0 Å². The van der Waals surface area contributed by atoms with E-state index in [2.05, 4.69) is 43.2 Å². The number of nitrogens with zero attached hydrogens (tertiary/aromatic N) is 1. The molecule has 0 radical (unpaired) electrons. The summed E-state index contributed by atoms with van der Waals surface area (Å²) in [5, 5.41) is 7.07. The Morgan fingerprint density at radius 2 is 1.61 bits per heavy atom. The number of hydrogen-bond acceptors (Lipinski definition) is 2. The van der Waals surface area contributed by atoms with E-state index < -0.39 is 0 Å². The van der Waals surface area contributed by atoms with E-state index in [4.69, 9.17) is 0 Å². The zero-order valence-corrected chi connectivity index (χ0v) is 15.5. The maximum Gasteiger partial charge on any atom is 0.317 e. The molecule has 2 saturated heterocycles. The Hall–Kier alpha value is -0.770. The lowest BCUT2D eigenvalue weighted by atomic mass is 9.79. The third-order valence-corrected chi connectivity index (χ3v) is 6.02. The quantitative estimate of drug-likeness (QED) is 0.815. The van der Waals surface area contributed by atoms with Crippen molar-refractivity contribution in [2.24, 2.45) is 5.92 Å². The van der Waals surface area contributed by atoms with Crippen LogP contribution in [0.5, 0.6) is 0 Å². The zero-order chi connectivity index (χ0) is 16.7. The van der Waals surface area contributed by atoms with Crippen LogP contribution in [0.3, 0.4) is 0 Å². The van der Waals surface area contributed by atoms with Gasteiger partial charge in [-0.3, -0.25) is 0 Å². The van der Waals surface area contributed by atoms with Gasteiger partial charge in [-0.2, -0.15) is 0 Å². The molecular weight excluding hydrogens is 286 g/mol. The molecular formula is C19H35N3O. The second-order valence-corrected chi connectivity index (χ2v) is 9.39. The molecule has 1 atom stereocenters. The van der Waals surface area contributed by atoms with Gasteiger partial charge in [-0.05, 0) is 72.1 Å². The fraction of sp³-hybridized carbons (Fsp3) is 0.947. The van der Waals surface area contributed by atoms with Gasteiger partial charge in [0, 0.05) is 29.7 Å². The van der Waals surface area contributed by atoms with Crippen LogP contribution in [0.1, 0.15) is 79.1 Å². The lowest BCUT2D eigenvalue weighted by molar-refractivity contribution is 0.132. The van der Waals surface area contributed by atoms with Crippen molar-refractivity contribution in [2.45, 2.75) is 102 Å². The first-order chi connectivity index (χ1) is 10.8. The number of likely N-dealkylation sites (tertiary alicyclic amines) is 1. The maximum absolute atomic E-state index is 12.9. The average Bonchev–Trinajstić information content (AvgIpc) is 3.05. The number of piperidine rings is 1. The highest BCUT2D eigenvalue weighted by atomic mass is 16.2. The van der Waals surface area contributed by atoms with Gasteiger partial charge in [0.1, 0.15) is 0 Å². The van der Waals surface area contributed by atoms with E-state index in [1.807, 2.05) is 0 Å². The topological polar surface area (TPSA) is 44.4 Å². The molecule has 2 aliphatic heterocycles. The van der Waals surface area contributed by atoms with Crippen LogP contribution in [-0.2, 0) is 0 Å². The second-order valence-electron chi connectivity index (χ2n) is 9.39. The molecule has 1 aliphatic carbocycles. The molecule has 0 spiro atoms. The van der Waals surface area contributed by atoms with Crippen molar-refractivity contribution >= 4 is 6.03 Å². The minimum atomic E-state index is 0.0789. The standard InChI is InChI=1S/C19H35N3O/c1-18(2)12-15(13-19(3,4)21-18)20-17(23)22-11-7-10-16(22)14-8-5-6-9-14/h14-16,21H,5-13H2,1-4H3,(H,20,23)/t16-/m0/s1. The molecule has 0 aromatic carbocycles. The molecule has 132 valence electrons. The summed E-state index contributed by atoms with van der Waals surface area (Å²) >= 11 is 0. The summed E-state index contributed by atoms with van der Waals surface area (Å²) in [6.07, 6.45) is 9.75. The number of urea groups is 1. The number of rotatable bonds is 2. The third kappa shape index (κ3) is 4.01. The highest BCUT2D eigenvalue weighted by molar-refractivity contribution is 5.75. The monoisotopic (exact) mass is 321 g/mol. The van der Waals surface area contributed by atoms with Crippen LogP contribution in [0.25, 0.3) is 0 Å². The molecule has 2 N–H and O–H groups in total. The summed E-state index contributed by atoms with van der Waals surface area (Å²) in [7, 11) is 0. The first-order valence-corrected chi connectivity index (χ1v) is 9.62. The Bertz CT molecular complexity index is 424.